The normalized spacial score (nSPS) is 11.1. The molecule has 2 rings (SSSR count). The SMILES string of the molecule is CC=C(C=O)NC(=O)c1ccc(-c2ccc(CCC)cc2)cc1. The predicted molar refractivity (Wildman–Crippen MR) is 93.2 cm³/mol. The van der Waals surface area contributed by atoms with Crippen LogP contribution in [0, 0.1) is 0 Å². The third-order valence-corrected chi connectivity index (χ3v) is 3.67. The molecule has 0 aliphatic carbocycles. The first-order valence-electron chi connectivity index (χ1n) is 7.80. The van der Waals surface area contributed by atoms with Crippen molar-refractivity contribution in [1.29, 1.82) is 0 Å². The molecule has 0 heterocycles. The van der Waals surface area contributed by atoms with E-state index in [2.05, 4.69) is 36.5 Å². The fraction of sp³-hybridized carbons (Fsp3) is 0.200. The van der Waals surface area contributed by atoms with Crippen LogP contribution in [0.3, 0.4) is 0 Å². The Bertz CT molecular complexity index is 697. The zero-order valence-electron chi connectivity index (χ0n) is 13.5. The highest BCUT2D eigenvalue weighted by atomic mass is 16.2. The number of hydrogen-bond acceptors (Lipinski definition) is 2. The van der Waals surface area contributed by atoms with Gasteiger partial charge in [0, 0.05) is 5.56 Å². The largest absolute Gasteiger partial charge is 0.319 e. The highest BCUT2D eigenvalue weighted by Crippen LogP contribution is 2.21. The highest BCUT2D eigenvalue weighted by Gasteiger charge is 2.07. The van der Waals surface area contributed by atoms with Gasteiger partial charge in [-0.05, 0) is 42.2 Å². The molecule has 2 aromatic carbocycles. The molecule has 0 aromatic heterocycles. The second-order valence-corrected chi connectivity index (χ2v) is 5.34. The smallest absolute Gasteiger partial charge is 0.255 e. The van der Waals surface area contributed by atoms with Gasteiger partial charge in [-0.25, -0.2) is 0 Å². The minimum Gasteiger partial charge on any atom is -0.319 e. The second kappa shape index (κ2) is 8.08. The summed E-state index contributed by atoms with van der Waals surface area (Å²) in [6.07, 6.45) is 4.42. The molecule has 118 valence electrons. The molecule has 0 spiro atoms. The third kappa shape index (κ3) is 4.39. The van der Waals surface area contributed by atoms with Crippen molar-refractivity contribution in [3.63, 3.8) is 0 Å². The van der Waals surface area contributed by atoms with E-state index >= 15 is 0 Å². The summed E-state index contributed by atoms with van der Waals surface area (Å²) in [7, 11) is 0. The summed E-state index contributed by atoms with van der Waals surface area (Å²) in [5.74, 6) is -0.282. The summed E-state index contributed by atoms with van der Waals surface area (Å²) in [5.41, 5.74) is 4.31. The summed E-state index contributed by atoms with van der Waals surface area (Å²) in [6.45, 7) is 3.87. The van der Waals surface area contributed by atoms with Gasteiger partial charge in [-0.3, -0.25) is 9.59 Å². The van der Waals surface area contributed by atoms with Crippen LogP contribution in [-0.4, -0.2) is 12.2 Å². The minimum absolute atomic E-state index is 0.269. The Morgan fingerprint density at radius 2 is 1.57 bits per heavy atom. The Balaban J connectivity index is 2.12. The van der Waals surface area contributed by atoms with Crippen LogP contribution < -0.4 is 5.32 Å². The van der Waals surface area contributed by atoms with Gasteiger partial charge in [-0.15, -0.1) is 0 Å². The first-order valence-corrected chi connectivity index (χ1v) is 7.80. The van der Waals surface area contributed by atoms with Crippen LogP contribution in [0.1, 0.15) is 36.2 Å². The molecule has 0 fully saturated rings. The van der Waals surface area contributed by atoms with Gasteiger partial charge in [0.2, 0.25) is 0 Å². The van der Waals surface area contributed by atoms with E-state index in [1.165, 1.54) is 5.56 Å². The Morgan fingerprint density at radius 1 is 1.00 bits per heavy atom. The number of nitrogens with one attached hydrogen (secondary N) is 1. The van der Waals surface area contributed by atoms with Crippen molar-refractivity contribution in [2.75, 3.05) is 0 Å². The Labute approximate surface area is 137 Å². The molecule has 3 nitrogen and oxygen atoms in total. The van der Waals surface area contributed by atoms with Gasteiger partial charge in [-0.1, -0.05) is 55.8 Å². The number of rotatable bonds is 6. The van der Waals surface area contributed by atoms with Crippen molar-refractivity contribution in [1.82, 2.24) is 5.32 Å². The van der Waals surface area contributed by atoms with Crippen molar-refractivity contribution in [2.45, 2.75) is 26.7 Å². The zero-order chi connectivity index (χ0) is 16.7. The van der Waals surface area contributed by atoms with Gasteiger partial charge in [0.05, 0.1) is 5.70 Å². The molecular weight excluding hydrogens is 286 g/mol. The second-order valence-electron chi connectivity index (χ2n) is 5.34. The van der Waals surface area contributed by atoms with Gasteiger partial charge in [0.25, 0.3) is 5.91 Å². The standard InChI is InChI=1S/C20H21NO2/c1-3-5-15-6-8-16(9-7-15)17-10-12-18(13-11-17)20(23)21-19(4-2)14-22/h4,6-14H,3,5H2,1-2H3,(H,21,23). The Morgan fingerprint density at radius 3 is 2.04 bits per heavy atom. The molecule has 1 amide bonds. The average molecular weight is 307 g/mol. The Hall–Kier alpha value is -2.68. The lowest BCUT2D eigenvalue weighted by Gasteiger charge is -2.07. The Kier molecular flexibility index (Phi) is 5.87. The fourth-order valence-corrected chi connectivity index (χ4v) is 2.34. The van der Waals surface area contributed by atoms with Crippen molar-refractivity contribution >= 4 is 12.2 Å². The number of hydrogen-bond donors (Lipinski definition) is 1. The molecule has 0 saturated heterocycles. The third-order valence-electron chi connectivity index (χ3n) is 3.67. The molecule has 0 bridgehead atoms. The predicted octanol–water partition coefficient (Wildman–Crippen LogP) is 4.14. The van der Waals surface area contributed by atoms with Crippen molar-refractivity contribution < 1.29 is 9.59 Å². The summed E-state index contributed by atoms with van der Waals surface area (Å²) in [6, 6.07) is 15.9. The van der Waals surface area contributed by atoms with Gasteiger partial charge in [0.15, 0.2) is 6.29 Å². The highest BCUT2D eigenvalue weighted by molar-refractivity contribution is 5.98. The molecule has 23 heavy (non-hydrogen) atoms. The number of benzene rings is 2. The van der Waals surface area contributed by atoms with Crippen molar-refractivity contribution in [2.24, 2.45) is 0 Å². The van der Waals surface area contributed by atoms with E-state index in [-0.39, 0.29) is 11.6 Å². The number of carbonyl (C=O) groups excluding carboxylic acids is 2. The number of aldehydes is 1. The number of carbonyl (C=O) groups is 2. The fourth-order valence-electron chi connectivity index (χ4n) is 2.34. The number of aryl methyl sites for hydroxylation is 1. The van der Waals surface area contributed by atoms with Gasteiger partial charge < -0.3 is 5.32 Å². The molecule has 1 N–H and O–H groups in total. The summed E-state index contributed by atoms with van der Waals surface area (Å²) in [4.78, 5) is 22.8. The first kappa shape index (κ1) is 16.7. The summed E-state index contributed by atoms with van der Waals surface area (Å²) >= 11 is 0. The molecule has 0 aliphatic heterocycles. The lowest BCUT2D eigenvalue weighted by Crippen LogP contribution is -2.23. The van der Waals surface area contributed by atoms with E-state index in [4.69, 9.17) is 0 Å². The van der Waals surface area contributed by atoms with Crippen LogP contribution in [0.5, 0.6) is 0 Å². The van der Waals surface area contributed by atoms with Crippen molar-refractivity contribution in [3.05, 3.63) is 71.4 Å². The van der Waals surface area contributed by atoms with E-state index in [9.17, 15) is 9.59 Å². The maximum atomic E-state index is 12.0. The van der Waals surface area contributed by atoms with Crippen LogP contribution in [-0.2, 0) is 11.2 Å². The lowest BCUT2D eigenvalue weighted by atomic mass is 10.0. The number of allylic oxidation sites excluding steroid dienone is 2. The zero-order valence-corrected chi connectivity index (χ0v) is 13.5. The van der Waals surface area contributed by atoms with Crippen LogP contribution in [0.4, 0.5) is 0 Å². The summed E-state index contributed by atoms with van der Waals surface area (Å²) in [5, 5.41) is 2.57. The van der Waals surface area contributed by atoms with E-state index in [1.807, 2.05) is 12.1 Å². The lowest BCUT2D eigenvalue weighted by molar-refractivity contribution is -0.105. The van der Waals surface area contributed by atoms with E-state index in [1.54, 1.807) is 25.1 Å². The quantitative estimate of drug-likeness (QED) is 0.644. The minimum atomic E-state index is -0.282. The first-order chi connectivity index (χ1) is 11.2. The van der Waals surface area contributed by atoms with Crippen molar-refractivity contribution in [3.8, 4) is 11.1 Å². The molecular formula is C20H21NO2. The van der Waals surface area contributed by atoms with Crippen LogP contribution in [0.2, 0.25) is 0 Å². The van der Waals surface area contributed by atoms with Crippen LogP contribution in [0.15, 0.2) is 60.3 Å². The molecule has 3 heteroatoms. The van der Waals surface area contributed by atoms with E-state index < -0.39 is 0 Å². The molecule has 0 radical (unpaired) electrons. The van der Waals surface area contributed by atoms with Gasteiger partial charge in [0.1, 0.15) is 0 Å². The number of amides is 1. The topological polar surface area (TPSA) is 46.2 Å². The molecule has 0 saturated carbocycles. The van der Waals surface area contributed by atoms with Crippen LogP contribution in [0.25, 0.3) is 11.1 Å². The van der Waals surface area contributed by atoms with Gasteiger partial charge in [-0.2, -0.15) is 0 Å². The summed E-state index contributed by atoms with van der Waals surface area (Å²) < 4.78 is 0. The molecule has 0 unspecified atom stereocenters. The maximum absolute atomic E-state index is 12.0. The monoisotopic (exact) mass is 307 g/mol. The molecule has 0 aliphatic rings. The van der Waals surface area contributed by atoms with E-state index in [0.29, 0.717) is 11.8 Å². The molecule has 2 aromatic rings. The van der Waals surface area contributed by atoms with Gasteiger partial charge >= 0.3 is 0 Å². The average Bonchev–Trinajstić information content (AvgIpc) is 2.60. The van der Waals surface area contributed by atoms with E-state index in [0.717, 1.165) is 24.0 Å². The molecule has 0 atom stereocenters. The maximum Gasteiger partial charge on any atom is 0.255 e. The van der Waals surface area contributed by atoms with Crippen LogP contribution >= 0.6 is 0 Å².